The van der Waals surface area contributed by atoms with E-state index in [2.05, 4.69) is 14.8 Å². The van der Waals surface area contributed by atoms with Gasteiger partial charge in [-0.15, -0.1) is 10.1 Å². The zero-order chi connectivity index (χ0) is 7.15. The molecule has 0 fully saturated rings. The molecule has 0 rings (SSSR count). The molecule has 1 N–H and O–H groups in total. The molecule has 0 aromatic heterocycles. The molecule has 1 radical (unpaired) electrons. The number of hydrogen-bond acceptors (Lipinski definition) is 2. The standard InChI is InChI=1S/3CH3.HNO3.Sn/c;;;2-1(3)4;/h3*1H3;(H,2,3,4);. The van der Waals surface area contributed by atoms with Gasteiger partial charge in [0.15, 0.2) is 0 Å². The van der Waals surface area contributed by atoms with Crippen LogP contribution in [0.25, 0.3) is 0 Å². The molecule has 4 nitrogen and oxygen atoms in total. The molecule has 0 aliphatic heterocycles. The molecule has 0 saturated heterocycles. The topological polar surface area (TPSA) is 63.4 Å². The molecular weight excluding hydrogens is 217 g/mol. The van der Waals surface area contributed by atoms with E-state index in [1.165, 1.54) is 0 Å². The summed E-state index contributed by atoms with van der Waals surface area (Å²) in [5, 5.41) is 13.6. The Morgan fingerprint density at radius 2 is 1.50 bits per heavy atom. The fourth-order valence-electron chi connectivity index (χ4n) is 0. The van der Waals surface area contributed by atoms with E-state index in [4.69, 9.17) is 15.3 Å². The molecule has 0 saturated carbocycles. The molecule has 8 heavy (non-hydrogen) atoms. The summed E-state index contributed by atoms with van der Waals surface area (Å²) in [6.45, 7) is 0. The summed E-state index contributed by atoms with van der Waals surface area (Å²) in [4.78, 5) is 15.5. The summed E-state index contributed by atoms with van der Waals surface area (Å²) in [7, 11) is 0. The monoisotopic (exact) mass is 228 g/mol. The molecular formula is C3H10NO3Sn. The summed E-state index contributed by atoms with van der Waals surface area (Å²) in [6, 6.07) is 0. The number of hydrogen-bond donors (Lipinski definition) is 1. The van der Waals surface area contributed by atoms with Gasteiger partial charge in [-0.2, -0.15) is 0 Å². The first kappa shape index (κ1) is 10.9. The third-order valence-corrected chi connectivity index (χ3v) is 0. The van der Waals surface area contributed by atoms with Crippen molar-refractivity contribution in [2.75, 3.05) is 0 Å². The van der Waals surface area contributed by atoms with Crippen molar-refractivity contribution in [3.63, 3.8) is 0 Å². The van der Waals surface area contributed by atoms with Crippen LogP contribution in [0.1, 0.15) is 0 Å². The van der Waals surface area contributed by atoms with E-state index in [-0.39, 0.29) is 0 Å². The van der Waals surface area contributed by atoms with Crippen molar-refractivity contribution in [1.82, 2.24) is 0 Å². The van der Waals surface area contributed by atoms with Crippen molar-refractivity contribution >= 4 is 19.8 Å². The molecule has 0 atom stereocenters. The summed E-state index contributed by atoms with van der Waals surface area (Å²) in [5.41, 5.74) is 0. The third-order valence-electron chi connectivity index (χ3n) is 0. The van der Waals surface area contributed by atoms with Crippen LogP contribution in [-0.4, -0.2) is 30.1 Å². The fourth-order valence-corrected chi connectivity index (χ4v) is 0. The van der Waals surface area contributed by atoms with Gasteiger partial charge in [-0.1, -0.05) is 0 Å². The van der Waals surface area contributed by atoms with Gasteiger partial charge in [0, 0.05) is 0 Å². The van der Waals surface area contributed by atoms with Crippen LogP contribution in [0.2, 0.25) is 14.8 Å². The Morgan fingerprint density at radius 3 is 1.50 bits per heavy atom. The van der Waals surface area contributed by atoms with Gasteiger partial charge in [0.25, 0.3) is 5.09 Å². The molecule has 0 spiro atoms. The molecule has 0 amide bonds. The van der Waals surface area contributed by atoms with E-state index in [1.54, 1.807) is 0 Å². The maximum absolute atomic E-state index is 8.36. The molecule has 0 aliphatic rings. The van der Waals surface area contributed by atoms with Crippen molar-refractivity contribution in [3.8, 4) is 0 Å². The van der Waals surface area contributed by atoms with E-state index in [1.807, 2.05) is 0 Å². The van der Waals surface area contributed by atoms with Gasteiger partial charge in [0.05, 0.1) is 0 Å². The molecule has 0 heterocycles. The first-order chi connectivity index (χ1) is 3.46. The van der Waals surface area contributed by atoms with Gasteiger partial charge in [0.1, 0.15) is 0 Å². The second-order valence-corrected chi connectivity index (χ2v) is 10.3. The van der Waals surface area contributed by atoms with Gasteiger partial charge < -0.3 is 5.21 Å². The SMILES string of the molecule is O=[N+]([O-])O.[CH3][Sn]([CH3])[CH3]. The van der Waals surface area contributed by atoms with Crippen LogP contribution >= 0.6 is 0 Å². The van der Waals surface area contributed by atoms with Crippen LogP contribution in [0.15, 0.2) is 0 Å². The number of rotatable bonds is 0. The zero-order valence-electron chi connectivity index (χ0n) is 5.21. The average molecular weight is 227 g/mol. The molecule has 0 aliphatic carbocycles. The predicted molar refractivity (Wildman–Crippen MR) is 32.1 cm³/mol. The van der Waals surface area contributed by atoms with Crippen molar-refractivity contribution < 1.29 is 10.3 Å². The second-order valence-electron chi connectivity index (χ2n) is 1.74. The summed E-state index contributed by atoms with van der Waals surface area (Å²) in [6.07, 6.45) is 0. The molecule has 0 aromatic carbocycles. The first-order valence-electron chi connectivity index (χ1n) is 2.07. The van der Waals surface area contributed by atoms with Crippen molar-refractivity contribution in [1.29, 1.82) is 0 Å². The Hall–Kier alpha value is -0.00130. The zero-order valence-corrected chi connectivity index (χ0v) is 8.07. The molecule has 0 unspecified atom stereocenters. The molecule has 5 heteroatoms. The summed E-state index contributed by atoms with van der Waals surface area (Å²) < 4.78 is 0. The molecule has 0 aromatic rings. The summed E-state index contributed by atoms with van der Waals surface area (Å²) >= 11 is -0.543. The van der Waals surface area contributed by atoms with Crippen LogP contribution in [0, 0.1) is 10.1 Å². The van der Waals surface area contributed by atoms with Crippen LogP contribution in [0.4, 0.5) is 0 Å². The fraction of sp³-hybridized carbons (Fsp3) is 1.00. The Morgan fingerprint density at radius 1 is 1.50 bits per heavy atom. The van der Waals surface area contributed by atoms with Crippen LogP contribution in [-0.2, 0) is 0 Å². The normalized spacial score (nSPS) is 7.50. The van der Waals surface area contributed by atoms with Gasteiger partial charge in [-0.3, -0.25) is 0 Å². The van der Waals surface area contributed by atoms with E-state index < -0.39 is 24.8 Å². The van der Waals surface area contributed by atoms with Gasteiger partial charge in [-0.05, 0) is 0 Å². The summed E-state index contributed by atoms with van der Waals surface area (Å²) in [5.74, 6) is 0. The van der Waals surface area contributed by atoms with Gasteiger partial charge in [-0.25, -0.2) is 0 Å². The third kappa shape index (κ3) is 88900000. The minimum atomic E-state index is -1.50. The van der Waals surface area contributed by atoms with Crippen LogP contribution in [0.5, 0.6) is 0 Å². The van der Waals surface area contributed by atoms with Crippen molar-refractivity contribution in [2.45, 2.75) is 14.8 Å². The molecule has 0 bridgehead atoms. The first-order valence-corrected chi connectivity index (χ1v) is 10.6. The Balaban J connectivity index is 0. The van der Waals surface area contributed by atoms with Gasteiger partial charge in [0.2, 0.25) is 0 Å². The van der Waals surface area contributed by atoms with Crippen LogP contribution < -0.4 is 0 Å². The number of nitrogens with zero attached hydrogens (tertiary/aromatic N) is 1. The van der Waals surface area contributed by atoms with E-state index >= 15 is 0 Å². The average Bonchev–Trinajstić information content (AvgIpc) is 1.25. The maximum atomic E-state index is 8.36. The van der Waals surface area contributed by atoms with Crippen LogP contribution in [0.3, 0.4) is 0 Å². The predicted octanol–water partition coefficient (Wildman–Crippen LogP) is 1.02. The van der Waals surface area contributed by atoms with Crippen molar-refractivity contribution in [3.05, 3.63) is 10.1 Å². The van der Waals surface area contributed by atoms with E-state index in [0.29, 0.717) is 0 Å². The van der Waals surface area contributed by atoms with E-state index in [0.717, 1.165) is 0 Å². The van der Waals surface area contributed by atoms with E-state index in [9.17, 15) is 0 Å². The Kier molecular flexibility index (Phi) is 9.53. The second kappa shape index (κ2) is 7.00. The molecule has 49 valence electrons. The minimum absolute atomic E-state index is 0.543. The Bertz CT molecular complexity index is 58.8. The van der Waals surface area contributed by atoms with Crippen molar-refractivity contribution in [2.24, 2.45) is 0 Å². The van der Waals surface area contributed by atoms with Gasteiger partial charge >= 0.3 is 34.6 Å². The Labute approximate surface area is 55.4 Å². The quantitative estimate of drug-likeness (QED) is 0.381.